The first-order valence-electron chi connectivity index (χ1n) is 9.80. The molecule has 1 aliphatic heterocycles. The number of likely N-dealkylation sites (tertiary alicyclic amines) is 1. The monoisotopic (exact) mass is 398 g/mol. The molecule has 1 aliphatic rings. The minimum Gasteiger partial charge on any atom is -0.497 e. The minimum absolute atomic E-state index is 0.242. The van der Waals surface area contributed by atoms with Crippen LogP contribution >= 0.6 is 0 Å². The number of ether oxygens (including phenoxy) is 2. The van der Waals surface area contributed by atoms with Crippen molar-refractivity contribution in [1.82, 2.24) is 29.9 Å². The van der Waals surface area contributed by atoms with Crippen molar-refractivity contribution in [1.29, 1.82) is 0 Å². The van der Waals surface area contributed by atoms with Gasteiger partial charge < -0.3 is 14.5 Å². The van der Waals surface area contributed by atoms with Crippen molar-refractivity contribution >= 4 is 11.2 Å². The summed E-state index contributed by atoms with van der Waals surface area (Å²) in [4.78, 5) is 21.6. The number of aryl methyl sites for hydroxylation is 1. The fraction of sp³-hybridized carbons (Fsp3) is 0.500. The van der Waals surface area contributed by atoms with Crippen molar-refractivity contribution in [3.63, 3.8) is 0 Å². The van der Waals surface area contributed by atoms with Crippen LogP contribution in [0, 0.1) is 12.8 Å². The van der Waals surface area contributed by atoms with Crippen molar-refractivity contribution < 1.29 is 9.47 Å². The Morgan fingerprint density at radius 3 is 2.93 bits per heavy atom. The average molecular weight is 398 g/mol. The van der Waals surface area contributed by atoms with Gasteiger partial charge in [0.1, 0.15) is 17.3 Å². The summed E-state index contributed by atoms with van der Waals surface area (Å²) in [5.41, 5.74) is 1.72. The second-order valence-electron chi connectivity index (χ2n) is 7.52. The molecule has 0 unspecified atom stereocenters. The normalized spacial score (nSPS) is 17.6. The van der Waals surface area contributed by atoms with Crippen molar-refractivity contribution in [3.05, 3.63) is 39.9 Å². The fourth-order valence-electron chi connectivity index (χ4n) is 4.03. The zero-order chi connectivity index (χ0) is 20.4. The van der Waals surface area contributed by atoms with E-state index in [2.05, 4.69) is 25.2 Å². The van der Waals surface area contributed by atoms with E-state index in [0.29, 0.717) is 29.5 Å². The molecule has 0 amide bonds. The Morgan fingerprint density at radius 2 is 2.14 bits per heavy atom. The lowest BCUT2D eigenvalue weighted by Crippen LogP contribution is -2.36. The first kappa shape index (κ1) is 19.4. The number of methoxy groups -OCH3 is 2. The van der Waals surface area contributed by atoms with Crippen molar-refractivity contribution in [3.8, 4) is 11.5 Å². The van der Waals surface area contributed by atoms with Crippen molar-refractivity contribution in [2.45, 2.75) is 32.9 Å². The molecule has 3 heterocycles. The lowest BCUT2D eigenvalue weighted by Gasteiger charge is -2.33. The lowest BCUT2D eigenvalue weighted by atomic mass is 9.97. The summed E-state index contributed by atoms with van der Waals surface area (Å²) in [5.74, 6) is 2.68. The molecule has 0 spiro atoms. The summed E-state index contributed by atoms with van der Waals surface area (Å²) in [7, 11) is 3.36. The van der Waals surface area contributed by atoms with Gasteiger partial charge in [-0.3, -0.25) is 9.69 Å². The van der Waals surface area contributed by atoms with Gasteiger partial charge in [0.2, 0.25) is 0 Å². The Kier molecular flexibility index (Phi) is 5.48. The Labute approximate surface area is 168 Å². The molecule has 9 nitrogen and oxygen atoms in total. The van der Waals surface area contributed by atoms with Gasteiger partial charge in [-0.2, -0.15) is 0 Å². The first-order chi connectivity index (χ1) is 14.1. The zero-order valence-electron chi connectivity index (χ0n) is 17.0. The van der Waals surface area contributed by atoms with Gasteiger partial charge >= 0.3 is 0 Å². The van der Waals surface area contributed by atoms with Gasteiger partial charge in [-0.15, -0.1) is 5.10 Å². The van der Waals surface area contributed by atoms with E-state index in [0.717, 1.165) is 49.5 Å². The second-order valence-corrected chi connectivity index (χ2v) is 7.52. The summed E-state index contributed by atoms with van der Waals surface area (Å²) >= 11 is 0. The highest BCUT2D eigenvalue weighted by Crippen LogP contribution is 2.27. The number of nitrogens with one attached hydrogen (secondary N) is 1. The highest BCUT2D eigenvalue weighted by atomic mass is 16.5. The zero-order valence-corrected chi connectivity index (χ0v) is 17.0. The Hall–Kier alpha value is -2.94. The molecule has 1 N–H and O–H groups in total. The fourth-order valence-corrected chi connectivity index (χ4v) is 4.03. The van der Waals surface area contributed by atoms with Crippen LogP contribution in [0.1, 0.15) is 24.2 Å². The molecule has 9 heteroatoms. The number of nitrogens with zero attached hydrogens (tertiary/aromatic N) is 5. The first-order valence-corrected chi connectivity index (χ1v) is 9.80. The topological polar surface area (TPSA) is 98.2 Å². The highest BCUT2D eigenvalue weighted by Gasteiger charge is 2.23. The maximum absolute atomic E-state index is 12.0. The van der Waals surface area contributed by atoms with Crippen LogP contribution in [-0.2, 0) is 13.1 Å². The summed E-state index contributed by atoms with van der Waals surface area (Å²) in [5, 5.41) is 8.20. The maximum atomic E-state index is 12.0. The Morgan fingerprint density at radius 1 is 1.28 bits per heavy atom. The van der Waals surface area contributed by atoms with Crippen LogP contribution in [0.15, 0.2) is 23.0 Å². The molecule has 0 radical (unpaired) electrons. The highest BCUT2D eigenvalue weighted by molar-refractivity contribution is 5.67. The van der Waals surface area contributed by atoms with Gasteiger partial charge in [0.05, 0.1) is 14.2 Å². The smallest absolute Gasteiger partial charge is 0.281 e. The van der Waals surface area contributed by atoms with E-state index in [4.69, 9.17) is 9.47 Å². The Bertz CT molecular complexity index is 1060. The SMILES string of the molecule is COc1ccc(OC)c(CN2CCC[C@H](Cn3nnc4c(=O)[nH]c(C)nc43)C2)c1. The molecule has 1 aromatic carbocycles. The summed E-state index contributed by atoms with van der Waals surface area (Å²) in [6, 6.07) is 5.89. The third kappa shape index (κ3) is 4.09. The number of aromatic amines is 1. The van der Waals surface area contributed by atoms with E-state index < -0.39 is 0 Å². The van der Waals surface area contributed by atoms with Crippen molar-refractivity contribution in [2.75, 3.05) is 27.3 Å². The second kappa shape index (κ2) is 8.20. The molecular formula is C20H26N6O3. The lowest BCUT2D eigenvalue weighted by molar-refractivity contribution is 0.152. The number of piperidine rings is 1. The van der Waals surface area contributed by atoms with E-state index in [1.54, 1.807) is 25.8 Å². The van der Waals surface area contributed by atoms with E-state index in [1.165, 1.54) is 0 Å². The molecule has 3 aromatic rings. The van der Waals surface area contributed by atoms with Gasteiger partial charge in [-0.25, -0.2) is 9.67 Å². The molecule has 0 aliphatic carbocycles. The van der Waals surface area contributed by atoms with Gasteiger partial charge in [0.15, 0.2) is 11.2 Å². The molecule has 29 heavy (non-hydrogen) atoms. The van der Waals surface area contributed by atoms with Gasteiger partial charge in [0, 0.05) is 25.2 Å². The Balaban J connectivity index is 1.49. The van der Waals surface area contributed by atoms with Crippen molar-refractivity contribution in [2.24, 2.45) is 5.92 Å². The summed E-state index contributed by atoms with van der Waals surface area (Å²) < 4.78 is 12.7. The molecule has 0 saturated carbocycles. The predicted molar refractivity (Wildman–Crippen MR) is 108 cm³/mol. The van der Waals surface area contributed by atoms with E-state index in [1.807, 2.05) is 18.2 Å². The van der Waals surface area contributed by atoms with E-state index in [-0.39, 0.29) is 5.56 Å². The molecule has 2 aromatic heterocycles. The number of H-pyrrole nitrogens is 1. The van der Waals surface area contributed by atoms with Crippen LogP contribution in [0.3, 0.4) is 0 Å². The number of rotatable bonds is 6. The minimum atomic E-state index is -0.242. The summed E-state index contributed by atoms with van der Waals surface area (Å²) in [6.45, 7) is 5.22. The molecule has 154 valence electrons. The van der Waals surface area contributed by atoms with Crippen LogP contribution in [0.4, 0.5) is 0 Å². The van der Waals surface area contributed by atoms with Crippen LogP contribution < -0.4 is 15.0 Å². The molecule has 1 saturated heterocycles. The third-order valence-corrected chi connectivity index (χ3v) is 5.41. The molecule has 1 atom stereocenters. The van der Waals surface area contributed by atoms with Gasteiger partial charge in [-0.05, 0) is 50.4 Å². The molecule has 0 bridgehead atoms. The van der Waals surface area contributed by atoms with Crippen LogP contribution in [0.25, 0.3) is 11.2 Å². The van der Waals surface area contributed by atoms with Gasteiger partial charge in [0.25, 0.3) is 5.56 Å². The average Bonchev–Trinajstić information content (AvgIpc) is 3.11. The maximum Gasteiger partial charge on any atom is 0.281 e. The van der Waals surface area contributed by atoms with Gasteiger partial charge in [-0.1, -0.05) is 5.21 Å². The summed E-state index contributed by atoms with van der Waals surface area (Å²) in [6.07, 6.45) is 2.21. The molecular weight excluding hydrogens is 372 g/mol. The number of aromatic nitrogens is 5. The predicted octanol–water partition coefficient (Wildman–Crippen LogP) is 1.75. The number of hydrogen-bond donors (Lipinski definition) is 1. The standard InChI is InChI=1S/C20H26N6O3/c1-13-21-19-18(20(27)22-13)23-24-26(19)11-14-5-4-8-25(10-14)12-15-9-16(28-2)6-7-17(15)29-3/h6-7,9,14H,4-5,8,10-12H2,1-3H3,(H,21,22,27)/t14-/m0/s1. The van der Waals surface area contributed by atoms with E-state index >= 15 is 0 Å². The van der Waals surface area contributed by atoms with Crippen LogP contribution in [0.5, 0.6) is 11.5 Å². The third-order valence-electron chi connectivity index (χ3n) is 5.41. The number of fused-ring (bicyclic) bond motifs is 1. The number of hydrogen-bond acceptors (Lipinski definition) is 7. The molecule has 4 rings (SSSR count). The number of benzene rings is 1. The molecule has 1 fully saturated rings. The van der Waals surface area contributed by atoms with E-state index in [9.17, 15) is 4.79 Å². The quantitative estimate of drug-likeness (QED) is 0.675. The van der Waals surface area contributed by atoms with Crippen LogP contribution in [0.2, 0.25) is 0 Å². The van der Waals surface area contributed by atoms with Crippen LogP contribution in [-0.4, -0.2) is 57.2 Å². The largest absolute Gasteiger partial charge is 0.497 e.